The minimum Gasteiger partial charge on any atom is -0.474 e. The van der Waals surface area contributed by atoms with Crippen LogP contribution in [0.25, 0.3) is 28.0 Å². The quantitative estimate of drug-likeness (QED) is 0.469. The van der Waals surface area contributed by atoms with Gasteiger partial charge >= 0.3 is 0 Å². The molecule has 1 aromatic carbocycles. The Morgan fingerprint density at radius 1 is 1.16 bits per heavy atom. The maximum atomic E-state index is 9.67. The van der Waals surface area contributed by atoms with Gasteiger partial charge in [-0.2, -0.15) is 15.3 Å². The van der Waals surface area contributed by atoms with Crippen molar-refractivity contribution in [2.24, 2.45) is 0 Å². The van der Waals surface area contributed by atoms with Gasteiger partial charge in [-0.25, -0.2) is 9.50 Å². The van der Waals surface area contributed by atoms with Gasteiger partial charge in [-0.15, -0.1) is 0 Å². The van der Waals surface area contributed by atoms with Crippen LogP contribution < -0.4 is 10.1 Å². The number of nitrogens with one attached hydrogen (secondary N) is 1. The predicted octanol–water partition coefficient (Wildman–Crippen LogP) is 4.42. The molecule has 0 amide bonds. The average molecular weight is 445 g/mol. The third-order valence-electron chi connectivity index (χ3n) is 5.55. The van der Waals surface area contributed by atoms with Crippen molar-refractivity contribution < 1.29 is 4.74 Å². The van der Waals surface area contributed by atoms with Gasteiger partial charge in [0.25, 0.3) is 0 Å². The highest BCUT2D eigenvalue weighted by molar-refractivity contribution is 6.29. The second-order valence-corrected chi connectivity index (χ2v) is 8.19. The molecule has 8 heteroatoms. The third kappa shape index (κ3) is 3.91. The number of nitrogens with zero attached hydrogens (tertiary/aromatic N) is 5. The Bertz CT molecular complexity index is 1320. The number of ether oxygens (including phenoxy) is 1. The number of fused-ring (bicyclic) bond motifs is 1. The normalized spacial score (nSPS) is 14.4. The molecule has 1 saturated heterocycles. The zero-order valence-electron chi connectivity index (χ0n) is 17.5. The Balaban J connectivity index is 1.71. The summed E-state index contributed by atoms with van der Waals surface area (Å²) >= 11 is 6.29. The topological polar surface area (TPSA) is 88.1 Å². The van der Waals surface area contributed by atoms with Crippen LogP contribution in [-0.2, 0) is 0 Å². The molecule has 0 atom stereocenters. The molecule has 3 aromatic heterocycles. The maximum absolute atomic E-state index is 9.67. The van der Waals surface area contributed by atoms with Crippen LogP contribution in [0.3, 0.4) is 0 Å². The van der Waals surface area contributed by atoms with Gasteiger partial charge in [0.2, 0.25) is 5.88 Å². The first-order chi connectivity index (χ1) is 15.6. The standard InChI is InChI=1S/C24H21ClN6O/c1-15-12-17(13-20(25)28-15)22-23(19-5-3-2-4-16(19)14-26)30-31-11-8-21(29-24(22)31)32-18-6-9-27-10-7-18/h2-5,8,11-13,18,27H,6-7,9-10H2,1H3. The predicted molar refractivity (Wildman–Crippen MR) is 123 cm³/mol. The van der Waals surface area contributed by atoms with Crippen LogP contribution in [0.1, 0.15) is 24.1 Å². The van der Waals surface area contributed by atoms with Gasteiger partial charge < -0.3 is 10.1 Å². The van der Waals surface area contributed by atoms with Gasteiger partial charge in [0.15, 0.2) is 5.65 Å². The van der Waals surface area contributed by atoms with Crippen LogP contribution in [0.15, 0.2) is 48.7 Å². The van der Waals surface area contributed by atoms with Crippen molar-refractivity contribution in [1.29, 1.82) is 5.26 Å². The number of nitriles is 1. The summed E-state index contributed by atoms with van der Waals surface area (Å²) in [5.74, 6) is 0.558. The lowest BCUT2D eigenvalue weighted by Crippen LogP contribution is -2.34. The minimum atomic E-state index is 0.133. The highest BCUT2D eigenvalue weighted by atomic mass is 35.5. The number of pyridine rings is 1. The molecule has 32 heavy (non-hydrogen) atoms. The number of hydrogen-bond donors (Lipinski definition) is 1. The smallest absolute Gasteiger partial charge is 0.217 e. The van der Waals surface area contributed by atoms with E-state index in [9.17, 15) is 5.26 Å². The van der Waals surface area contributed by atoms with E-state index in [4.69, 9.17) is 26.4 Å². The summed E-state index contributed by atoms with van der Waals surface area (Å²) in [6, 6.07) is 15.3. The lowest BCUT2D eigenvalue weighted by molar-refractivity contribution is 0.156. The molecule has 1 N–H and O–H groups in total. The fourth-order valence-corrected chi connectivity index (χ4v) is 4.33. The van der Waals surface area contributed by atoms with Gasteiger partial charge in [-0.1, -0.05) is 29.8 Å². The van der Waals surface area contributed by atoms with Crippen molar-refractivity contribution in [2.45, 2.75) is 25.9 Å². The van der Waals surface area contributed by atoms with Gasteiger partial charge in [0, 0.05) is 23.5 Å². The molecule has 0 unspecified atom stereocenters. The van der Waals surface area contributed by atoms with Crippen molar-refractivity contribution in [3.8, 4) is 34.3 Å². The fraction of sp³-hybridized carbons (Fsp3) is 0.250. The van der Waals surface area contributed by atoms with Crippen LogP contribution >= 0.6 is 11.6 Å². The first kappa shape index (κ1) is 20.4. The molecular formula is C24H21ClN6O. The molecule has 0 spiro atoms. The van der Waals surface area contributed by atoms with Crippen LogP contribution in [0, 0.1) is 18.3 Å². The number of benzene rings is 1. The van der Waals surface area contributed by atoms with Gasteiger partial charge in [0.05, 0.1) is 17.2 Å². The van der Waals surface area contributed by atoms with E-state index in [0.717, 1.165) is 48.3 Å². The van der Waals surface area contributed by atoms with Gasteiger partial charge in [-0.05, 0) is 56.6 Å². The van der Waals surface area contributed by atoms with E-state index in [1.165, 1.54) is 0 Å². The summed E-state index contributed by atoms with van der Waals surface area (Å²) in [7, 11) is 0. The summed E-state index contributed by atoms with van der Waals surface area (Å²) in [5.41, 5.74) is 4.99. The first-order valence-corrected chi connectivity index (χ1v) is 10.9. The van der Waals surface area contributed by atoms with Crippen molar-refractivity contribution >= 4 is 17.2 Å². The number of halogens is 1. The lowest BCUT2D eigenvalue weighted by atomic mass is 9.98. The Hall–Kier alpha value is -3.47. The third-order valence-corrected chi connectivity index (χ3v) is 5.74. The molecule has 4 aromatic rings. The van der Waals surface area contributed by atoms with Crippen molar-refractivity contribution in [1.82, 2.24) is 24.9 Å². The monoisotopic (exact) mass is 444 g/mol. The zero-order chi connectivity index (χ0) is 22.1. The second kappa shape index (κ2) is 8.58. The molecule has 1 aliphatic heterocycles. The van der Waals surface area contributed by atoms with Crippen molar-refractivity contribution in [3.05, 3.63) is 65.1 Å². The van der Waals surface area contributed by atoms with E-state index in [1.54, 1.807) is 16.6 Å². The van der Waals surface area contributed by atoms with Crippen molar-refractivity contribution in [2.75, 3.05) is 13.1 Å². The maximum Gasteiger partial charge on any atom is 0.217 e. The highest BCUT2D eigenvalue weighted by Crippen LogP contribution is 2.37. The van der Waals surface area contributed by atoms with Crippen molar-refractivity contribution in [3.63, 3.8) is 0 Å². The summed E-state index contributed by atoms with van der Waals surface area (Å²) in [4.78, 5) is 9.11. The summed E-state index contributed by atoms with van der Waals surface area (Å²) in [5, 5.41) is 18.2. The molecule has 1 fully saturated rings. The fourth-order valence-electron chi connectivity index (χ4n) is 4.08. The number of rotatable bonds is 4. The minimum absolute atomic E-state index is 0.133. The Kier molecular flexibility index (Phi) is 5.48. The van der Waals surface area contributed by atoms with Crippen LogP contribution in [0.2, 0.25) is 5.15 Å². The van der Waals surface area contributed by atoms with Crippen LogP contribution in [-0.4, -0.2) is 38.8 Å². The largest absolute Gasteiger partial charge is 0.474 e. The number of aromatic nitrogens is 4. The van der Waals surface area contributed by atoms with E-state index in [0.29, 0.717) is 27.9 Å². The Labute approximate surface area is 190 Å². The molecule has 0 aliphatic carbocycles. The SMILES string of the molecule is Cc1cc(-c2c(-c3ccccc3C#N)nn3ccc(OC4CCNCC4)nc23)cc(Cl)n1. The van der Waals surface area contributed by atoms with Crippen LogP contribution in [0.4, 0.5) is 0 Å². The summed E-state index contributed by atoms with van der Waals surface area (Å²) in [6.45, 7) is 3.77. The molecule has 0 radical (unpaired) electrons. The lowest BCUT2D eigenvalue weighted by Gasteiger charge is -2.23. The number of piperidine rings is 1. The van der Waals surface area contributed by atoms with Gasteiger partial charge in [-0.3, -0.25) is 0 Å². The van der Waals surface area contributed by atoms with Crippen LogP contribution in [0.5, 0.6) is 5.88 Å². The number of aryl methyl sites for hydroxylation is 1. The molecule has 160 valence electrons. The highest BCUT2D eigenvalue weighted by Gasteiger charge is 2.22. The van der Waals surface area contributed by atoms with E-state index >= 15 is 0 Å². The first-order valence-electron chi connectivity index (χ1n) is 10.5. The molecular weight excluding hydrogens is 424 g/mol. The van der Waals surface area contributed by atoms with E-state index in [2.05, 4.69) is 16.4 Å². The Morgan fingerprint density at radius 3 is 2.75 bits per heavy atom. The molecule has 1 aliphatic rings. The average Bonchev–Trinajstić information content (AvgIpc) is 3.18. The molecule has 0 saturated carbocycles. The molecule has 4 heterocycles. The Morgan fingerprint density at radius 2 is 1.97 bits per heavy atom. The van der Waals surface area contributed by atoms with E-state index in [-0.39, 0.29) is 6.10 Å². The molecule has 0 bridgehead atoms. The van der Waals surface area contributed by atoms with E-state index in [1.807, 2.05) is 43.5 Å². The molecule has 5 rings (SSSR count). The van der Waals surface area contributed by atoms with E-state index < -0.39 is 0 Å². The second-order valence-electron chi connectivity index (χ2n) is 7.80. The molecule has 7 nitrogen and oxygen atoms in total. The summed E-state index contributed by atoms with van der Waals surface area (Å²) in [6.07, 6.45) is 3.86. The zero-order valence-corrected chi connectivity index (χ0v) is 18.3. The summed E-state index contributed by atoms with van der Waals surface area (Å²) < 4.78 is 7.90. The number of hydrogen-bond acceptors (Lipinski definition) is 6. The van der Waals surface area contributed by atoms with Gasteiger partial charge in [0.1, 0.15) is 17.0 Å².